The Morgan fingerprint density at radius 2 is 1.87 bits per heavy atom. The molecule has 2 N–H and O–H groups in total. The largest absolute Gasteiger partial charge is 0.439 e. The maximum Gasteiger partial charge on any atom is 0.234 e. The van der Waals surface area contributed by atoms with Gasteiger partial charge < -0.3 is 20.3 Å². The van der Waals surface area contributed by atoms with Crippen LogP contribution in [0.4, 0.5) is 11.8 Å². The molecule has 3 aromatic rings. The van der Waals surface area contributed by atoms with Crippen molar-refractivity contribution in [2.45, 2.75) is 57.3 Å². The third kappa shape index (κ3) is 6.75. The number of thiocarbonyl (C=S) groups is 1. The molecule has 2 fully saturated rings. The average molecular weight is 550 g/mol. The molecule has 2 aromatic carbocycles. The number of ether oxygens (including phenoxy) is 1. The first-order valence-electron chi connectivity index (χ1n) is 13.7. The minimum atomic E-state index is 0.00309. The number of halogens is 1. The van der Waals surface area contributed by atoms with Gasteiger partial charge in [0.05, 0.1) is 0 Å². The number of hydrogen-bond acceptors (Lipinski definition) is 5. The number of piperidine rings is 1. The van der Waals surface area contributed by atoms with Crippen LogP contribution >= 0.6 is 23.8 Å². The Kier molecular flexibility index (Phi) is 8.65. The molecule has 1 aliphatic heterocycles. The van der Waals surface area contributed by atoms with Crippen molar-refractivity contribution in [3.63, 3.8) is 0 Å². The number of nitrogens with zero attached hydrogens (tertiary/aromatic N) is 3. The highest BCUT2D eigenvalue weighted by atomic mass is 35.5. The Labute approximate surface area is 236 Å². The van der Waals surface area contributed by atoms with Gasteiger partial charge in [-0.3, -0.25) is 0 Å². The highest BCUT2D eigenvalue weighted by molar-refractivity contribution is 7.80. The lowest BCUT2D eigenvalue weighted by atomic mass is 9.69. The molecule has 8 heteroatoms. The lowest BCUT2D eigenvalue weighted by Crippen LogP contribution is -2.43. The van der Waals surface area contributed by atoms with E-state index < -0.39 is 0 Å². The zero-order valence-electron chi connectivity index (χ0n) is 22.0. The van der Waals surface area contributed by atoms with Crippen LogP contribution in [0.1, 0.15) is 57.4 Å². The molecule has 1 aromatic heterocycles. The molecule has 1 saturated heterocycles. The number of hydrogen-bond donors (Lipinski definition) is 2. The molecule has 1 saturated carbocycles. The van der Waals surface area contributed by atoms with Crippen LogP contribution in [-0.2, 0) is 5.41 Å². The summed E-state index contributed by atoms with van der Waals surface area (Å²) in [5.41, 5.74) is 1.28. The van der Waals surface area contributed by atoms with E-state index in [4.69, 9.17) is 33.5 Å². The number of anilines is 2. The average Bonchev–Trinajstić information content (AvgIpc) is 2.93. The summed E-state index contributed by atoms with van der Waals surface area (Å²) in [6.07, 6.45) is 8.28. The lowest BCUT2D eigenvalue weighted by molar-refractivity contribution is 0.292. The van der Waals surface area contributed by atoms with Gasteiger partial charge in [0.25, 0.3) is 0 Å². The normalized spacial score (nSPS) is 19.0. The molecule has 6 nitrogen and oxygen atoms in total. The molecule has 1 atom stereocenters. The zero-order valence-corrected chi connectivity index (χ0v) is 23.5. The summed E-state index contributed by atoms with van der Waals surface area (Å²) in [6.45, 7) is 4.95. The van der Waals surface area contributed by atoms with Gasteiger partial charge in [-0.2, -0.15) is 9.97 Å². The fourth-order valence-corrected chi connectivity index (χ4v) is 6.05. The van der Waals surface area contributed by atoms with Crippen LogP contribution in [0.5, 0.6) is 11.6 Å². The van der Waals surface area contributed by atoms with Crippen molar-refractivity contribution >= 4 is 40.7 Å². The van der Waals surface area contributed by atoms with Crippen LogP contribution in [0.25, 0.3) is 0 Å². The van der Waals surface area contributed by atoms with E-state index in [1.807, 2.05) is 48.5 Å². The van der Waals surface area contributed by atoms with Crippen molar-refractivity contribution in [1.82, 2.24) is 15.3 Å². The van der Waals surface area contributed by atoms with E-state index in [1.165, 1.54) is 31.2 Å². The SMILES string of the molecule is C[C@H]1CCCN(c2cc(Oc3ccccc3)nc(NC(=S)NCC3(c4cccc(Cl)c4)CCCCC3)n2)C1. The fourth-order valence-electron chi connectivity index (χ4n) is 5.70. The summed E-state index contributed by atoms with van der Waals surface area (Å²) < 4.78 is 6.11. The maximum atomic E-state index is 6.37. The number of aromatic nitrogens is 2. The summed E-state index contributed by atoms with van der Waals surface area (Å²) in [4.78, 5) is 11.8. The standard InChI is InChI=1S/C30H36ClN5OS/c1-22-10-9-17-36(20-22)26-19-27(37-25-13-4-2-5-14-25)34-28(33-26)35-29(38)32-21-30(15-6-3-7-16-30)23-11-8-12-24(31)18-23/h2,4-5,8,11-14,18-19,22H,3,6-7,9-10,15-17,20-21H2,1H3,(H2,32,33,34,35,38)/t22-/m0/s1. The van der Waals surface area contributed by atoms with E-state index in [0.29, 0.717) is 22.9 Å². The monoisotopic (exact) mass is 549 g/mol. The molecular weight excluding hydrogens is 514 g/mol. The Balaban J connectivity index is 1.33. The van der Waals surface area contributed by atoms with Crippen LogP contribution in [0.2, 0.25) is 5.02 Å². The van der Waals surface area contributed by atoms with Gasteiger partial charge in [0.1, 0.15) is 11.6 Å². The van der Waals surface area contributed by atoms with Gasteiger partial charge in [0, 0.05) is 36.1 Å². The smallest absolute Gasteiger partial charge is 0.234 e. The zero-order chi connectivity index (χ0) is 26.4. The van der Waals surface area contributed by atoms with E-state index in [9.17, 15) is 0 Å². The van der Waals surface area contributed by atoms with Crippen LogP contribution < -0.4 is 20.3 Å². The molecule has 38 heavy (non-hydrogen) atoms. The summed E-state index contributed by atoms with van der Waals surface area (Å²) in [6, 6.07) is 19.9. The number of benzene rings is 2. The van der Waals surface area contributed by atoms with Crippen LogP contribution in [0.15, 0.2) is 60.7 Å². The third-order valence-corrected chi connectivity index (χ3v) is 8.18. The topological polar surface area (TPSA) is 62.3 Å². The van der Waals surface area contributed by atoms with Crippen LogP contribution in [-0.4, -0.2) is 34.7 Å². The summed E-state index contributed by atoms with van der Waals surface area (Å²) in [5.74, 6) is 3.13. The quantitative estimate of drug-likeness (QED) is 0.299. The molecule has 0 amide bonds. The van der Waals surface area contributed by atoms with Gasteiger partial charge in [0.2, 0.25) is 11.8 Å². The number of para-hydroxylation sites is 1. The second-order valence-corrected chi connectivity index (χ2v) is 11.5. The Morgan fingerprint density at radius 1 is 1.05 bits per heavy atom. The first-order chi connectivity index (χ1) is 18.5. The predicted octanol–water partition coefficient (Wildman–Crippen LogP) is 7.35. The van der Waals surface area contributed by atoms with E-state index in [0.717, 1.165) is 55.5 Å². The first kappa shape index (κ1) is 26.7. The second kappa shape index (κ2) is 12.3. The summed E-state index contributed by atoms with van der Waals surface area (Å²) in [5, 5.41) is 8.00. The molecule has 0 radical (unpaired) electrons. The van der Waals surface area contributed by atoms with Gasteiger partial charge in [-0.15, -0.1) is 0 Å². The van der Waals surface area contributed by atoms with Crippen molar-refractivity contribution in [1.29, 1.82) is 0 Å². The molecule has 0 bridgehead atoms. The Bertz CT molecular complexity index is 1230. The molecule has 1 aliphatic carbocycles. The minimum absolute atomic E-state index is 0.00309. The Hall–Kier alpha value is -2.90. The van der Waals surface area contributed by atoms with Crippen molar-refractivity contribution < 1.29 is 4.74 Å². The van der Waals surface area contributed by atoms with Crippen LogP contribution in [0, 0.1) is 5.92 Å². The van der Waals surface area contributed by atoms with Crippen LogP contribution in [0.3, 0.4) is 0 Å². The molecule has 200 valence electrons. The summed E-state index contributed by atoms with van der Waals surface area (Å²) in [7, 11) is 0. The second-order valence-electron chi connectivity index (χ2n) is 10.7. The van der Waals surface area contributed by atoms with Crippen molar-refractivity contribution in [3.05, 3.63) is 71.2 Å². The minimum Gasteiger partial charge on any atom is -0.439 e. The van der Waals surface area contributed by atoms with E-state index >= 15 is 0 Å². The summed E-state index contributed by atoms with van der Waals surface area (Å²) >= 11 is 12.1. The molecule has 2 heterocycles. The van der Waals surface area contributed by atoms with Gasteiger partial charge in [-0.05, 0) is 73.6 Å². The van der Waals surface area contributed by atoms with Gasteiger partial charge in [-0.25, -0.2) is 0 Å². The van der Waals surface area contributed by atoms with Crippen molar-refractivity contribution in [2.75, 3.05) is 29.9 Å². The number of nitrogens with one attached hydrogen (secondary N) is 2. The third-order valence-electron chi connectivity index (χ3n) is 7.70. The molecule has 5 rings (SSSR count). The van der Waals surface area contributed by atoms with Crippen molar-refractivity contribution in [2.24, 2.45) is 5.92 Å². The highest BCUT2D eigenvalue weighted by Crippen LogP contribution is 2.40. The Morgan fingerprint density at radius 3 is 2.63 bits per heavy atom. The van der Waals surface area contributed by atoms with E-state index in [1.54, 1.807) is 0 Å². The van der Waals surface area contributed by atoms with E-state index in [2.05, 4.69) is 39.6 Å². The van der Waals surface area contributed by atoms with Crippen molar-refractivity contribution in [3.8, 4) is 11.6 Å². The molecular formula is C30H36ClN5OS. The van der Waals surface area contributed by atoms with Gasteiger partial charge in [-0.1, -0.05) is 68.1 Å². The van der Waals surface area contributed by atoms with Gasteiger partial charge in [0.15, 0.2) is 5.11 Å². The first-order valence-corrected chi connectivity index (χ1v) is 14.5. The lowest BCUT2D eigenvalue weighted by Gasteiger charge is -2.38. The van der Waals surface area contributed by atoms with E-state index in [-0.39, 0.29) is 5.41 Å². The molecule has 0 unspecified atom stereocenters. The molecule has 2 aliphatic rings. The predicted molar refractivity (Wildman–Crippen MR) is 160 cm³/mol. The fraction of sp³-hybridized carbons (Fsp3) is 0.433. The number of rotatable bonds is 7. The van der Waals surface area contributed by atoms with Gasteiger partial charge >= 0.3 is 0 Å². The molecule has 0 spiro atoms. The maximum absolute atomic E-state index is 6.37. The highest BCUT2D eigenvalue weighted by Gasteiger charge is 2.34.